The van der Waals surface area contributed by atoms with E-state index in [4.69, 9.17) is 10.3 Å². The Morgan fingerprint density at radius 2 is 2.00 bits per heavy atom. The monoisotopic (exact) mass is 495 g/mol. The van der Waals surface area contributed by atoms with Crippen LogP contribution >= 0.6 is 0 Å². The van der Waals surface area contributed by atoms with E-state index in [2.05, 4.69) is 49.6 Å². The molecule has 4 rings (SSSR count). The highest BCUT2D eigenvalue weighted by Gasteiger charge is 2.25. The van der Waals surface area contributed by atoms with E-state index >= 15 is 0 Å². The van der Waals surface area contributed by atoms with Crippen LogP contribution in [0.2, 0.25) is 0 Å². The lowest BCUT2D eigenvalue weighted by Gasteiger charge is -2.21. The lowest BCUT2D eigenvalue weighted by molar-refractivity contribution is 0.0947. The minimum Gasteiger partial charge on any atom is -0.507 e. The first-order valence-electron chi connectivity index (χ1n) is 12.3. The van der Waals surface area contributed by atoms with Gasteiger partial charge in [-0.15, -0.1) is 5.10 Å². The third kappa shape index (κ3) is 5.65. The largest absolute Gasteiger partial charge is 0.507 e. The van der Waals surface area contributed by atoms with Crippen molar-refractivity contribution in [1.82, 2.24) is 30.5 Å². The van der Waals surface area contributed by atoms with Crippen LogP contribution in [-0.2, 0) is 6.54 Å². The van der Waals surface area contributed by atoms with Crippen LogP contribution in [0.3, 0.4) is 0 Å². The summed E-state index contributed by atoms with van der Waals surface area (Å²) in [4.78, 5) is 17.4. The first-order chi connectivity index (χ1) is 17.5. The van der Waals surface area contributed by atoms with Crippen LogP contribution in [0.4, 0.5) is 11.4 Å². The SMILES string of the molecule is CCN(CC)c1ccc(/C=N\NC(=O)c2nnn(-c3nocc3N)c2CN2CCCCCC2)c(O)c1. The summed E-state index contributed by atoms with van der Waals surface area (Å²) in [7, 11) is 0. The molecule has 1 aliphatic rings. The number of carbonyl (C=O) groups excluding carboxylic acids is 1. The Kier molecular flexibility index (Phi) is 8.16. The number of phenols is 1. The van der Waals surface area contributed by atoms with E-state index in [0.29, 0.717) is 23.5 Å². The highest BCUT2D eigenvalue weighted by molar-refractivity contribution is 5.94. The number of likely N-dealkylation sites (tertiary alicyclic amines) is 1. The van der Waals surface area contributed by atoms with Crippen molar-refractivity contribution in [2.45, 2.75) is 46.1 Å². The molecule has 2 aromatic heterocycles. The Morgan fingerprint density at radius 3 is 2.64 bits per heavy atom. The zero-order valence-electron chi connectivity index (χ0n) is 20.7. The maximum atomic E-state index is 13.0. The topological polar surface area (TPSA) is 151 Å². The van der Waals surface area contributed by atoms with Gasteiger partial charge in [0.15, 0.2) is 5.69 Å². The van der Waals surface area contributed by atoms with Crippen molar-refractivity contribution in [3.63, 3.8) is 0 Å². The molecule has 4 N–H and O–H groups in total. The van der Waals surface area contributed by atoms with Gasteiger partial charge in [0.2, 0.25) is 5.82 Å². The van der Waals surface area contributed by atoms with Gasteiger partial charge in [0.25, 0.3) is 5.91 Å². The number of nitrogens with two attached hydrogens (primary N) is 1. The molecule has 1 saturated heterocycles. The number of benzene rings is 1. The molecule has 192 valence electrons. The van der Waals surface area contributed by atoms with Crippen molar-refractivity contribution in [1.29, 1.82) is 0 Å². The zero-order chi connectivity index (χ0) is 25.5. The van der Waals surface area contributed by atoms with Crippen LogP contribution < -0.4 is 16.1 Å². The number of nitrogens with one attached hydrogen (secondary N) is 1. The predicted molar refractivity (Wildman–Crippen MR) is 136 cm³/mol. The van der Waals surface area contributed by atoms with Crippen molar-refractivity contribution < 1.29 is 14.4 Å². The summed E-state index contributed by atoms with van der Waals surface area (Å²) in [5, 5.41) is 26.6. The number of aromatic hydroxyl groups is 1. The van der Waals surface area contributed by atoms with Crippen molar-refractivity contribution in [3.05, 3.63) is 41.4 Å². The van der Waals surface area contributed by atoms with E-state index in [9.17, 15) is 9.90 Å². The number of anilines is 2. The van der Waals surface area contributed by atoms with Crippen LogP contribution in [0, 0.1) is 0 Å². The molecule has 0 radical (unpaired) electrons. The summed E-state index contributed by atoms with van der Waals surface area (Å²) in [6.07, 6.45) is 7.28. The third-order valence-electron chi connectivity index (χ3n) is 6.34. The Balaban J connectivity index is 1.53. The molecule has 1 fully saturated rings. The summed E-state index contributed by atoms with van der Waals surface area (Å²) in [6.45, 7) is 8.07. The number of rotatable bonds is 9. The molecule has 1 amide bonds. The summed E-state index contributed by atoms with van der Waals surface area (Å²) in [5.41, 5.74) is 10.9. The van der Waals surface area contributed by atoms with Gasteiger partial charge in [0, 0.05) is 37.0 Å². The second-order valence-corrected chi connectivity index (χ2v) is 8.69. The highest BCUT2D eigenvalue weighted by Crippen LogP contribution is 2.24. The van der Waals surface area contributed by atoms with Gasteiger partial charge in [-0.05, 0) is 51.9 Å². The first-order valence-corrected chi connectivity index (χ1v) is 12.3. The van der Waals surface area contributed by atoms with Gasteiger partial charge < -0.3 is 20.3 Å². The molecule has 0 unspecified atom stereocenters. The minimum atomic E-state index is -0.524. The van der Waals surface area contributed by atoms with Crippen molar-refractivity contribution in [2.75, 3.05) is 36.8 Å². The van der Waals surface area contributed by atoms with E-state index in [1.54, 1.807) is 12.1 Å². The maximum absolute atomic E-state index is 13.0. The summed E-state index contributed by atoms with van der Waals surface area (Å²) in [6, 6.07) is 5.35. The number of hydrogen-bond acceptors (Lipinski definition) is 10. The van der Waals surface area contributed by atoms with Crippen molar-refractivity contribution in [2.24, 2.45) is 5.10 Å². The number of nitrogen functional groups attached to an aromatic ring is 1. The van der Waals surface area contributed by atoms with Gasteiger partial charge in [-0.1, -0.05) is 23.2 Å². The number of carbonyl (C=O) groups is 1. The average molecular weight is 496 g/mol. The van der Waals surface area contributed by atoms with Gasteiger partial charge in [0.05, 0.1) is 11.9 Å². The Hall–Kier alpha value is -3.93. The van der Waals surface area contributed by atoms with Gasteiger partial charge in [-0.25, -0.2) is 5.43 Å². The zero-order valence-corrected chi connectivity index (χ0v) is 20.7. The maximum Gasteiger partial charge on any atom is 0.293 e. The Labute approximate surface area is 209 Å². The molecule has 0 saturated carbocycles. The van der Waals surface area contributed by atoms with Gasteiger partial charge >= 0.3 is 0 Å². The van der Waals surface area contributed by atoms with Crippen LogP contribution in [-0.4, -0.2) is 68.5 Å². The normalized spacial score (nSPS) is 14.7. The molecule has 3 aromatic rings. The molecule has 0 aliphatic carbocycles. The van der Waals surface area contributed by atoms with Crippen LogP contribution in [0.1, 0.15) is 61.3 Å². The predicted octanol–water partition coefficient (Wildman–Crippen LogP) is 2.53. The summed E-state index contributed by atoms with van der Waals surface area (Å²) < 4.78 is 6.41. The van der Waals surface area contributed by atoms with Gasteiger partial charge in [0.1, 0.15) is 17.7 Å². The number of amides is 1. The molecular formula is C24H33N9O3. The number of aromatic nitrogens is 4. The van der Waals surface area contributed by atoms with Crippen LogP contribution in [0.15, 0.2) is 34.1 Å². The summed E-state index contributed by atoms with van der Waals surface area (Å²) in [5.74, 6) is -0.163. The minimum absolute atomic E-state index is 0.0757. The smallest absolute Gasteiger partial charge is 0.293 e. The van der Waals surface area contributed by atoms with E-state index < -0.39 is 5.91 Å². The molecule has 12 heteroatoms. The number of phenolic OH excluding ortho intramolecular Hbond substituents is 1. The van der Waals surface area contributed by atoms with E-state index in [1.807, 2.05) is 6.07 Å². The van der Waals surface area contributed by atoms with E-state index in [1.165, 1.54) is 30.0 Å². The van der Waals surface area contributed by atoms with E-state index in [0.717, 1.165) is 44.7 Å². The fourth-order valence-corrected chi connectivity index (χ4v) is 4.34. The number of hydrazone groups is 1. The lowest BCUT2D eigenvalue weighted by Crippen LogP contribution is -2.28. The standard InChI is InChI=1S/C24H33N9O3/c1-3-32(4-2)18-10-9-17(21(34)13-18)14-26-28-24(35)22-20(15-31-11-7-5-6-8-12-31)33(30-27-22)23-19(25)16-36-29-23/h9-10,13-14,16,34H,3-8,11-12,15,25H2,1-2H3,(H,28,35)/b26-14-. The lowest BCUT2D eigenvalue weighted by atomic mass is 10.2. The summed E-state index contributed by atoms with van der Waals surface area (Å²) >= 11 is 0. The highest BCUT2D eigenvalue weighted by atomic mass is 16.5. The fraction of sp³-hybridized carbons (Fsp3) is 0.458. The number of nitrogens with zero attached hydrogens (tertiary/aromatic N) is 7. The van der Waals surface area contributed by atoms with Gasteiger partial charge in [-0.3, -0.25) is 9.69 Å². The molecule has 1 aliphatic heterocycles. The molecular weight excluding hydrogens is 462 g/mol. The fourth-order valence-electron chi connectivity index (χ4n) is 4.34. The van der Waals surface area contributed by atoms with E-state index in [-0.39, 0.29) is 17.3 Å². The molecule has 12 nitrogen and oxygen atoms in total. The van der Waals surface area contributed by atoms with Gasteiger partial charge in [-0.2, -0.15) is 9.78 Å². The first kappa shape index (κ1) is 25.2. The number of hydrogen-bond donors (Lipinski definition) is 3. The molecule has 0 atom stereocenters. The molecule has 0 spiro atoms. The molecule has 0 bridgehead atoms. The average Bonchev–Trinajstić information content (AvgIpc) is 3.38. The second kappa shape index (κ2) is 11.7. The Bertz CT molecular complexity index is 1190. The molecule has 36 heavy (non-hydrogen) atoms. The van der Waals surface area contributed by atoms with Crippen LogP contribution in [0.5, 0.6) is 5.75 Å². The second-order valence-electron chi connectivity index (χ2n) is 8.69. The molecule has 3 heterocycles. The Morgan fingerprint density at radius 1 is 1.25 bits per heavy atom. The van der Waals surface area contributed by atoms with Crippen LogP contribution in [0.25, 0.3) is 5.82 Å². The van der Waals surface area contributed by atoms with Crippen molar-refractivity contribution in [3.8, 4) is 11.6 Å². The third-order valence-corrected chi connectivity index (χ3v) is 6.34. The quantitative estimate of drug-likeness (QED) is 0.300. The molecule has 1 aromatic carbocycles. The van der Waals surface area contributed by atoms with Crippen molar-refractivity contribution >= 4 is 23.5 Å².